The molecule has 12 nitrogen and oxygen atoms in total. The van der Waals surface area contributed by atoms with Crippen LogP contribution in [0.5, 0.6) is 0 Å². The van der Waals surface area contributed by atoms with Crippen molar-refractivity contribution in [1.29, 1.82) is 0 Å². The number of ether oxygens (including phenoxy) is 1. The van der Waals surface area contributed by atoms with E-state index in [0.717, 1.165) is 54.3 Å². The maximum absolute atomic E-state index is 12.5. The minimum absolute atomic E-state index is 0.0537. The highest BCUT2D eigenvalue weighted by Gasteiger charge is 2.24. The summed E-state index contributed by atoms with van der Waals surface area (Å²) in [7, 11) is 0. The third kappa shape index (κ3) is 7.86. The molecule has 4 N–H and O–H groups in total. The summed E-state index contributed by atoms with van der Waals surface area (Å²) in [5, 5.41) is 17.7. The third-order valence-corrected chi connectivity index (χ3v) is 7.02. The van der Waals surface area contributed by atoms with Crippen molar-refractivity contribution in [2.24, 2.45) is 5.73 Å². The molecule has 4 rings (SSSR count). The summed E-state index contributed by atoms with van der Waals surface area (Å²) < 4.78 is 6.80. The molecule has 42 heavy (non-hydrogen) atoms. The number of carbonyl (C=O) groups excluding carboxylic acids is 3. The molecule has 0 saturated carbocycles. The normalized spacial score (nSPS) is 11.8. The molecule has 0 aliphatic carbocycles. The molecule has 0 saturated heterocycles. The van der Waals surface area contributed by atoms with Gasteiger partial charge in [-0.1, -0.05) is 73.5 Å². The summed E-state index contributed by atoms with van der Waals surface area (Å²) in [6.07, 6.45) is 2.66. The van der Waals surface area contributed by atoms with Gasteiger partial charge in [0.05, 0.1) is 5.69 Å². The van der Waals surface area contributed by atoms with Gasteiger partial charge in [0, 0.05) is 38.4 Å². The van der Waals surface area contributed by atoms with Crippen molar-refractivity contribution in [1.82, 2.24) is 35.5 Å². The lowest BCUT2D eigenvalue weighted by Gasteiger charge is -2.18. The highest BCUT2D eigenvalue weighted by atomic mass is 35.5. The van der Waals surface area contributed by atoms with Crippen molar-refractivity contribution in [3.05, 3.63) is 70.8 Å². The number of carbonyl (C=O) groups is 3. The van der Waals surface area contributed by atoms with E-state index in [1.54, 1.807) is 0 Å². The highest BCUT2D eigenvalue weighted by Crippen LogP contribution is 2.30. The number of nitrogens with one attached hydrogen (secondary N) is 2. The zero-order chi connectivity index (χ0) is 30.1. The van der Waals surface area contributed by atoms with Crippen LogP contribution in [0.1, 0.15) is 56.6 Å². The van der Waals surface area contributed by atoms with Gasteiger partial charge in [-0.15, -0.1) is 5.10 Å². The van der Waals surface area contributed by atoms with E-state index in [4.69, 9.17) is 22.1 Å². The Labute approximate surface area is 248 Å². The number of imidazole rings is 1. The number of hydrogen-bond acceptors (Lipinski definition) is 9. The molecule has 1 amide bonds. The van der Waals surface area contributed by atoms with E-state index >= 15 is 0 Å². The first-order valence-electron chi connectivity index (χ1n) is 13.7. The van der Waals surface area contributed by atoms with Gasteiger partial charge in [-0.05, 0) is 40.0 Å². The van der Waals surface area contributed by atoms with Crippen LogP contribution in [0.4, 0.5) is 0 Å². The summed E-state index contributed by atoms with van der Waals surface area (Å²) in [4.78, 5) is 39.9. The molecule has 0 bridgehead atoms. The number of primary amides is 1. The molecule has 220 valence electrons. The topological polar surface area (TPSA) is 171 Å². The maximum atomic E-state index is 12.5. The summed E-state index contributed by atoms with van der Waals surface area (Å²) >= 11 is 6.61. The first kappa shape index (κ1) is 30.5. The number of halogens is 1. The van der Waals surface area contributed by atoms with Crippen LogP contribution in [0, 0.1) is 0 Å². The quantitative estimate of drug-likeness (QED) is 0.146. The van der Waals surface area contributed by atoms with Crippen LogP contribution in [0.15, 0.2) is 48.5 Å². The number of hydrogen-bond donors (Lipinski definition) is 3. The number of aryl methyl sites for hydroxylation is 1. The van der Waals surface area contributed by atoms with E-state index in [1.165, 1.54) is 0 Å². The second-order valence-electron chi connectivity index (χ2n) is 9.80. The fourth-order valence-corrected chi connectivity index (χ4v) is 4.86. The Morgan fingerprint density at radius 1 is 1.12 bits per heavy atom. The Balaban J connectivity index is 1.58. The van der Waals surface area contributed by atoms with Crippen LogP contribution in [0.25, 0.3) is 22.5 Å². The molecule has 2 aromatic carbocycles. The number of aromatic nitrogens is 6. The van der Waals surface area contributed by atoms with Crippen LogP contribution in [-0.4, -0.2) is 54.1 Å². The molecular weight excluding hydrogens is 560 g/mol. The van der Waals surface area contributed by atoms with Gasteiger partial charge in [0.1, 0.15) is 11.9 Å². The number of amides is 1. The lowest BCUT2D eigenvalue weighted by molar-refractivity contribution is -0.159. The highest BCUT2D eigenvalue weighted by molar-refractivity contribution is 6.30. The molecular formula is C29H33ClN8O4. The molecule has 4 aromatic rings. The van der Waals surface area contributed by atoms with E-state index in [-0.39, 0.29) is 19.4 Å². The van der Waals surface area contributed by atoms with Crippen LogP contribution in [-0.2, 0) is 38.6 Å². The van der Waals surface area contributed by atoms with Crippen molar-refractivity contribution in [3.63, 3.8) is 0 Å². The SMILES string of the molecule is CCCCc1nc(Cl)c(CN[C@@H](CCC(N)=O)C(=O)OC(C)=O)n1Cc1ccc(-c2ccccc2-c2nnn[nH]2)cc1. The number of tetrazole rings is 1. The van der Waals surface area contributed by atoms with Gasteiger partial charge in [-0.2, -0.15) is 0 Å². The second kappa shape index (κ2) is 14.5. The van der Waals surface area contributed by atoms with Gasteiger partial charge < -0.3 is 15.0 Å². The second-order valence-corrected chi connectivity index (χ2v) is 10.2. The zero-order valence-corrected chi connectivity index (χ0v) is 24.2. The molecule has 0 radical (unpaired) electrons. The number of nitrogens with zero attached hydrogens (tertiary/aromatic N) is 5. The average molecular weight is 593 g/mol. The number of unbranched alkanes of at least 4 members (excludes halogenated alkanes) is 1. The first-order chi connectivity index (χ1) is 20.3. The van der Waals surface area contributed by atoms with Crippen molar-refractivity contribution in [3.8, 4) is 22.5 Å². The number of rotatable bonds is 14. The smallest absolute Gasteiger partial charge is 0.330 e. The summed E-state index contributed by atoms with van der Waals surface area (Å²) in [5.74, 6) is -0.674. The fraction of sp³-hybridized carbons (Fsp3) is 0.345. The minimum atomic E-state index is -0.932. The standard InChI is InChI=1S/C29H33ClN8O4/c1-3-4-9-26-33-27(30)24(16-32-23(14-15-25(31)40)29(41)42-18(2)39)38(26)17-19-10-12-20(13-11-19)21-7-5-6-8-22(21)28-34-36-37-35-28/h5-8,10-13,23,32H,3-4,9,14-17H2,1-2H3,(H2,31,40)(H,34,35,36,37)/t23-/m0/s1. The van der Waals surface area contributed by atoms with E-state index < -0.39 is 23.9 Å². The summed E-state index contributed by atoms with van der Waals surface area (Å²) in [6, 6.07) is 15.1. The Morgan fingerprint density at radius 2 is 1.86 bits per heavy atom. The Morgan fingerprint density at radius 3 is 2.50 bits per heavy atom. The largest absolute Gasteiger partial charge is 0.392 e. The van der Waals surface area contributed by atoms with Crippen molar-refractivity contribution in [2.45, 2.75) is 65.1 Å². The molecule has 2 aromatic heterocycles. The lowest BCUT2D eigenvalue weighted by atomic mass is 9.98. The number of esters is 2. The van der Waals surface area contributed by atoms with Crippen molar-refractivity contribution in [2.75, 3.05) is 0 Å². The zero-order valence-electron chi connectivity index (χ0n) is 23.5. The van der Waals surface area contributed by atoms with Crippen molar-refractivity contribution >= 4 is 29.4 Å². The molecule has 0 aliphatic heterocycles. The first-order valence-corrected chi connectivity index (χ1v) is 14.0. The van der Waals surface area contributed by atoms with Crippen molar-refractivity contribution < 1.29 is 19.1 Å². The maximum Gasteiger partial charge on any atom is 0.330 e. The Hall–Kier alpha value is -4.42. The summed E-state index contributed by atoms with van der Waals surface area (Å²) in [5.41, 5.74) is 9.86. The lowest BCUT2D eigenvalue weighted by Crippen LogP contribution is -2.39. The predicted octanol–water partition coefficient (Wildman–Crippen LogP) is 3.59. The molecule has 1 atom stereocenters. The Kier molecular flexibility index (Phi) is 10.5. The van der Waals surface area contributed by atoms with E-state index in [1.807, 2.05) is 53.1 Å². The number of nitrogens with two attached hydrogens (primary N) is 1. The molecule has 0 fully saturated rings. The van der Waals surface area contributed by atoms with Crippen LogP contribution >= 0.6 is 11.6 Å². The van der Waals surface area contributed by atoms with Gasteiger partial charge in [-0.25, -0.2) is 14.9 Å². The van der Waals surface area contributed by atoms with Crippen LogP contribution in [0.3, 0.4) is 0 Å². The van der Waals surface area contributed by atoms with E-state index in [2.05, 4.69) is 37.8 Å². The van der Waals surface area contributed by atoms with Crippen LogP contribution < -0.4 is 11.1 Å². The average Bonchev–Trinajstić information content (AvgIpc) is 3.60. The fourth-order valence-electron chi connectivity index (χ4n) is 4.60. The summed E-state index contributed by atoms with van der Waals surface area (Å²) in [6.45, 7) is 3.90. The van der Waals surface area contributed by atoms with Gasteiger partial charge >= 0.3 is 11.9 Å². The number of H-pyrrole nitrogens is 1. The predicted molar refractivity (Wildman–Crippen MR) is 156 cm³/mol. The minimum Gasteiger partial charge on any atom is -0.392 e. The Bertz CT molecular complexity index is 1520. The van der Waals surface area contributed by atoms with Gasteiger partial charge in [0.15, 0.2) is 11.0 Å². The molecule has 0 spiro atoms. The van der Waals surface area contributed by atoms with Crippen LogP contribution in [0.2, 0.25) is 5.15 Å². The van der Waals surface area contributed by atoms with Gasteiger partial charge in [-0.3, -0.25) is 14.9 Å². The van der Waals surface area contributed by atoms with Gasteiger partial charge in [0.2, 0.25) is 5.91 Å². The monoisotopic (exact) mass is 592 g/mol. The molecule has 0 aliphatic rings. The molecule has 2 heterocycles. The number of benzene rings is 2. The molecule has 0 unspecified atom stereocenters. The third-order valence-electron chi connectivity index (χ3n) is 6.71. The number of aromatic amines is 1. The van der Waals surface area contributed by atoms with Gasteiger partial charge in [0.25, 0.3) is 0 Å². The van der Waals surface area contributed by atoms with E-state index in [0.29, 0.717) is 23.2 Å². The van der Waals surface area contributed by atoms with E-state index in [9.17, 15) is 14.4 Å². The molecule has 13 heteroatoms.